The second kappa shape index (κ2) is 6.50. The molecule has 1 aromatic rings. The Morgan fingerprint density at radius 3 is 2.80 bits per heavy atom. The largest absolute Gasteiger partial charge is 0.493 e. The van der Waals surface area contributed by atoms with Crippen molar-refractivity contribution in [2.24, 2.45) is 11.8 Å². The van der Waals surface area contributed by atoms with Gasteiger partial charge in [0.05, 0.1) is 26.2 Å². The number of carbonyl (C=O) groups is 1. The maximum atomic E-state index is 12.4. The van der Waals surface area contributed by atoms with E-state index >= 15 is 0 Å². The van der Waals surface area contributed by atoms with Crippen LogP contribution in [0.15, 0.2) is 12.1 Å². The molecule has 136 valence electrons. The van der Waals surface area contributed by atoms with Gasteiger partial charge in [-0.25, -0.2) is 0 Å². The highest BCUT2D eigenvalue weighted by molar-refractivity contribution is 5.75. The van der Waals surface area contributed by atoms with Crippen molar-refractivity contribution < 1.29 is 28.5 Å². The van der Waals surface area contributed by atoms with Gasteiger partial charge in [-0.3, -0.25) is 4.79 Å². The average Bonchev–Trinajstić information content (AvgIpc) is 3.05. The normalized spacial score (nSPS) is 31.9. The summed E-state index contributed by atoms with van der Waals surface area (Å²) in [5, 5.41) is 0. The van der Waals surface area contributed by atoms with Crippen molar-refractivity contribution in [1.29, 1.82) is 0 Å². The minimum atomic E-state index is -0.130. The second-order valence-corrected chi connectivity index (χ2v) is 6.96. The Kier molecular flexibility index (Phi) is 4.33. The van der Waals surface area contributed by atoms with Crippen molar-refractivity contribution in [3.05, 3.63) is 23.3 Å². The third-order valence-corrected chi connectivity index (χ3v) is 5.88. The number of methoxy groups -OCH3 is 3. The molecule has 6 nitrogen and oxygen atoms in total. The van der Waals surface area contributed by atoms with Gasteiger partial charge in [0, 0.05) is 18.6 Å². The third-order valence-electron chi connectivity index (χ3n) is 5.88. The molecule has 0 unspecified atom stereocenters. The van der Waals surface area contributed by atoms with Gasteiger partial charge in [-0.1, -0.05) is 6.07 Å². The van der Waals surface area contributed by atoms with Crippen LogP contribution >= 0.6 is 0 Å². The quantitative estimate of drug-likeness (QED) is 0.601. The van der Waals surface area contributed by atoms with Crippen LogP contribution in [0.1, 0.15) is 29.9 Å². The molecule has 1 heterocycles. The topological polar surface area (TPSA) is 63.2 Å². The molecule has 0 saturated heterocycles. The summed E-state index contributed by atoms with van der Waals surface area (Å²) in [7, 11) is 4.73. The van der Waals surface area contributed by atoms with Crippen LogP contribution in [-0.4, -0.2) is 46.3 Å². The minimum Gasteiger partial charge on any atom is -0.493 e. The van der Waals surface area contributed by atoms with E-state index in [2.05, 4.69) is 6.07 Å². The standard InChI is InChI=1S/C19H24O6/c1-21-9-24-14-7-5-11-12(19(20)23-3)8-10-4-6-13(22-2)17-15(10)16(11)18(14)25-17/h4,6,11-12,14,16,18H,5,7-9H2,1-3H3/t11-,12+,14+,16-,18-/m1/s1. The summed E-state index contributed by atoms with van der Waals surface area (Å²) in [6.45, 7) is 0.239. The summed E-state index contributed by atoms with van der Waals surface area (Å²) in [4.78, 5) is 12.4. The molecule has 3 aliphatic rings. The van der Waals surface area contributed by atoms with Crippen molar-refractivity contribution in [2.45, 2.75) is 37.4 Å². The number of rotatable bonds is 5. The van der Waals surface area contributed by atoms with Gasteiger partial charge in [0.1, 0.15) is 12.9 Å². The van der Waals surface area contributed by atoms with Crippen LogP contribution < -0.4 is 9.47 Å². The zero-order chi connectivity index (χ0) is 17.6. The molecule has 25 heavy (non-hydrogen) atoms. The lowest BCUT2D eigenvalue weighted by Crippen LogP contribution is -2.48. The molecular weight excluding hydrogens is 324 g/mol. The summed E-state index contributed by atoms with van der Waals surface area (Å²) >= 11 is 0. The number of hydrogen-bond donors (Lipinski definition) is 0. The first-order valence-corrected chi connectivity index (χ1v) is 8.74. The molecule has 0 bridgehead atoms. The second-order valence-electron chi connectivity index (χ2n) is 6.96. The van der Waals surface area contributed by atoms with Gasteiger partial charge < -0.3 is 23.7 Å². The van der Waals surface area contributed by atoms with Crippen LogP contribution in [0.5, 0.6) is 11.5 Å². The highest BCUT2D eigenvalue weighted by Crippen LogP contribution is 2.58. The average molecular weight is 348 g/mol. The van der Waals surface area contributed by atoms with Gasteiger partial charge >= 0.3 is 5.97 Å². The predicted octanol–water partition coefficient (Wildman–Crippen LogP) is 2.28. The molecule has 0 aromatic heterocycles. The monoisotopic (exact) mass is 348 g/mol. The first-order valence-electron chi connectivity index (χ1n) is 8.74. The van der Waals surface area contributed by atoms with E-state index in [4.69, 9.17) is 23.7 Å². The Balaban J connectivity index is 1.76. The third kappa shape index (κ3) is 2.50. The predicted molar refractivity (Wildman–Crippen MR) is 88.8 cm³/mol. The molecule has 1 aromatic carbocycles. The molecule has 1 fully saturated rings. The summed E-state index contributed by atoms with van der Waals surface area (Å²) in [6.07, 6.45) is 2.28. The van der Waals surface area contributed by atoms with Crippen LogP contribution in [0.3, 0.4) is 0 Å². The lowest BCUT2D eigenvalue weighted by atomic mass is 9.62. The summed E-state index contributed by atoms with van der Waals surface area (Å²) < 4.78 is 27.9. The van der Waals surface area contributed by atoms with E-state index in [1.165, 1.54) is 12.7 Å². The zero-order valence-corrected chi connectivity index (χ0v) is 14.8. The maximum Gasteiger partial charge on any atom is 0.309 e. The van der Waals surface area contributed by atoms with E-state index in [0.29, 0.717) is 6.42 Å². The fourth-order valence-electron chi connectivity index (χ4n) is 4.87. The lowest BCUT2D eigenvalue weighted by Gasteiger charge is -2.43. The fourth-order valence-corrected chi connectivity index (χ4v) is 4.87. The Bertz CT molecular complexity index is 672. The highest BCUT2D eigenvalue weighted by atomic mass is 16.7. The van der Waals surface area contributed by atoms with Gasteiger partial charge in [-0.05, 0) is 36.8 Å². The van der Waals surface area contributed by atoms with E-state index < -0.39 is 0 Å². The number of ether oxygens (including phenoxy) is 5. The summed E-state index contributed by atoms with van der Waals surface area (Å²) in [6, 6.07) is 3.97. The highest BCUT2D eigenvalue weighted by Gasteiger charge is 2.55. The van der Waals surface area contributed by atoms with Crippen molar-refractivity contribution in [2.75, 3.05) is 28.1 Å². The van der Waals surface area contributed by atoms with Gasteiger partial charge in [-0.15, -0.1) is 0 Å². The summed E-state index contributed by atoms with van der Waals surface area (Å²) in [5.41, 5.74) is 2.35. The Morgan fingerprint density at radius 1 is 1.24 bits per heavy atom. The first-order chi connectivity index (χ1) is 12.2. The first kappa shape index (κ1) is 16.7. The molecule has 0 radical (unpaired) electrons. The van der Waals surface area contributed by atoms with E-state index in [1.807, 2.05) is 6.07 Å². The lowest BCUT2D eigenvalue weighted by molar-refractivity contribution is -0.153. The molecule has 1 aliphatic heterocycles. The Hall–Kier alpha value is -1.79. The van der Waals surface area contributed by atoms with Crippen molar-refractivity contribution >= 4 is 5.97 Å². The van der Waals surface area contributed by atoms with Crippen LogP contribution in [0, 0.1) is 11.8 Å². The molecule has 1 saturated carbocycles. The summed E-state index contributed by atoms with van der Waals surface area (Å²) in [5.74, 6) is 1.64. The van der Waals surface area contributed by atoms with E-state index in [0.717, 1.165) is 29.9 Å². The van der Waals surface area contributed by atoms with Crippen LogP contribution in [-0.2, 0) is 25.4 Å². The van der Waals surface area contributed by atoms with Gasteiger partial charge in [0.25, 0.3) is 0 Å². The smallest absolute Gasteiger partial charge is 0.309 e. The van der Waals surface area contributed by atoms with Gasteiger partial charge in [0.2, 0.25) is 0 Å². The molecule has 4 rings (SSSR count). The molecule has 0 amide bonds. The van der Waals surface area contributed by atoms with Crippen LogP contribution in [0.2, 0.25) is 0 Å². The van der Waals surface area contributed by atoms with Crippen molar-refractivity contribution in [3.8, 4) is 11.5 Å². The number of carbonyl (C=O) groups excluding carboxylic acids is 1. The van der Waals surface area contributed by atoms with Gasteiger partial charge in [0.15, 0.2) is 11.5 Å². The van der Waals surface area contributed by atoms with E-state index in [1.54, 1.807) is 14.2 Å². The molecule has 5 atom stereocenters. The number of hydrogen-bond acceptors (Lipinski definition) is 6. The van der Waals surface area contributed by atoms with Crippen LogP contribution in [0.4, 0.5) is 0 Å². The minimum absolute atomic E-state index is 0.0532. The van der Waals surface area contributed by atoms with E-state index in [-0.39, 0.29) is 42.7 Å². The van der Waals surface area contributed by atoms with Crippen LogP contribution in [0.25, 0.3) is 0 Å². The van der Waals surface area contributed by atoms with E-state index in [9.17, 15) is 4.79 Å². The number of benzene rings is 1. The molecule has 2 aliphatic carbocycles. The van der Waals surface area contributed by atoms with Gasteiger partial charge in [-0.2, -0.15) is 0 Å². The Labute approximate surface area is 147 Å². The molecule has 0 spiro atoms. The zero-order valence-electron chi connectivity index (χ0n) is 14.8. The maximum absolute atomic E-state index is 12.4. The SMILES string of the molecule is COCO[C@H]1CC[C@H]2[C@@H]3c4c(ccc(OC)c4O[C@@H]31)C[C@@H]2C(=O)OC. The Morgan fingerprint density at radius 2 is 2.08 bits per heavy atom. The fraction of sp³-hybridized carbons (Fsp3) is 0.632. The van der Waals surface area contributed by atoms with Crippen molar-refractivity contribution in [1.82, 2.24) is 0 Å². The molecular formula is C19H24O6. The van der Waals surface area contributed by atoms with Crippen molar-refractivity contribution in [3.63, 3.8) is 0 Å². The molecule has 0 N–H and O–H groups in total. The number of esters is 1. The molecule has 6 heteroatoms.